The van der Waals surface area contributed by atoms with Crippen molar-refractivity contribution < 1.29 is 62.3 Å². The molecule has 0 saturated heterocycles. The predicted octanol–water partition coefficient (Wildman–Crippen LogP) is 2.09. The zero-order chi connectivity index (χ0) is 15.6. The Balaban J connectivity index is -0.00000200. The Morgan fingerprint density at radius 3 is 1.50 bits per heavy atom. The first kappa shape index (κ1) is 25.3. The molecule has 0 spiro atoms. The number of rotatable bonds is 16. The number of ether oxygens (including phenoxy) is 1. The van der Waals surface area contributed by atoms with Crippen molar-refractivity contribution in [3.8, 4) is 0 Å². The number of carbonyl (C=O) groups is 1. The number of hydrogen-bond donors (Lipinski definition) is 1. The summed E-state index contributed by atoms with van der Waals surface area (Å²) < 4.78 is 4.93. The maximum absolute atomic E-state index is 10.8. The van der Waals surface area contributed by atoms with Gasteiger partial charge in [0.15, 0.2) is 0 Å². The molecular formula is C18H38KNO2. The van der Waals surface area contributed by atoms with Crippen molar-refractivity contribution in [3.05, 3.63) is 0 Å². The molecule has 22 heavy (non-hydrogen) atoms. The summed E-state index contributed by atoms with van der Waals surface area (Å²) in [5, 5.41) is 0. The molecule has 0 amide bonds. The maximum atomic E-state index is 10.8. The number of esters is 1. The SMILES string of the molecule is CCCCCCCCCCCCCCCCOC(=O)CN.[H-].[K+]. The molecule has 0 atom stereocenters. The summed E-state index contributed by atoms with van der Waals surface area (Å²) in [5.74, 6) is -0.287. The second-order valence-electron chi connectivity index (χ2n) is 6.02. The summed E-state index contributed by atoms with van der Waals surface area (Å²) in [6.07, 6.45) is 18.8. The van der Waals surface area contributed by atoms with E-state index in [1.165, 1.54) is 77.0 Å². The normalized spacial score (nSPS) is 10.3. The van der Waals surface area contributed by atoms with E-state index in [0.29, 0.717) is 6.61 Å². The Kier molecular flexibility index (Phi) is 25.4. The Bertz CT molecular complexity index is 231. The number of unbranched alkanes of at least 4 members (excludes halogenated alkanes) is 13. The molecule has 0 aromatic rings. The zero-order valence-corrected chi connectivity index (χ0v) is 18.3. The van der Waals surface area contributed by atoms with Crippen molar-refractivity contribution in [3.63, 3.8) is 0 Å². The van der Waals surface area contributed by atoms with Crippen molar-refractivity contribution in [2.75, 3.05) is 13.2 Å². The summed E-state index contributed by atoms with van der Waals surface area (Å²) in [5.41, 5.74) is 5.16. The van der Waals surface area contributed by atoms with Gasteiger partial charge in [0.1, 0.15) is 0 Å². The Morgan fingerprint density at radius 1 is 0.773 bits per heavy atom. The minimum Gasteiger partial charge on any atom is -1.00 e. The van der Waals surface area contributed by atoms with Gasteiger partial charge in [-0.1, -0.05) is 90.4 Å². The van der Waals surface area contributed by atoms with Crippen LogP contribution in [0, 0.1) is 0 Å². The minimum atomic E-state index is -0.287. The van der Waals surface area contributed by atoms with Crippen LogP contribution in [0.15, 0.2) is 0 Å². The molecule has 0 radical (unpaired) electrons. The van der Waals surface area contributed by atoms with Gasteiger partial charge in [-0.3, -0.25) is 4.79 Å². The van der Waals surface area contributed by atoms with Crippen LogP contribution in [0.3, 0.4) is 0 Å². The van der Waals surface area contributed by atoms with E-state index < -0.39 is 0 Å². The fourth-order valence-corrected chi connectivity index (χ4v) is 2.54. The van der Waals surface area contributed by atoms with Crippen LogP contribution >= 0.6 is 0 Å². The number of nitrogens with two attached hydrogens (primary N) is 1. The summed E-state index contributed by atoms with van der Waals surface area (Å²) >= 11 is 0. The molecule has 0 aliphatic carbocycles. The molecule has 0 aliphatic heterocycles. The van der Waals surface area contributed by atoms with Crippen LogP contribution in [0.4, 0.5) is 0 Å². The van der Waals surface area contributed by atoms with Crippen molar-refractivity contribution in [2.24, 2.45) is 5.73 Å². The zero-order valence-electron chi connectivity index (χ0n) is 16.2. The molecular weight excluding hydrogens is 301 g/mol. The second-order valence-corrected chi connectivity index (χ2v) is 6.02. The minimum absolute atomic E-state index is 0. The third-order valence-electron chi connectivity index (χ3n) is 3.93. The molecule has 0 unspecified atom stereocenters. The van der Waals surface area contributed by atoms with Crippen LogP contribution in [0.5, 0.6) is 0 Å². The van der Waals surface area contributed by atoms with E-state index in [-0.39, 0.29) is 65.3 Å². The van der Waals surface area contributed by atoms with Gasteiger partial charge in [-0.25, -0.2) is 0 Å². The van der Waals surface area contributed by atoms with E-state index in [0.717, 1.165) is 12.8 Å². The molecule has 3 nitrogen and oxygen atoms in total. The van der Waals surface area contributed by atoms with Crippen molar-refractivity contribution in [1.29, 1.82) is 0 Å². The first-order valence-electron chi connectivity index (χ1n) is 9.17. The van der Waals surface area contributed by atoms with Crippen LogP contribution in [0.2, 0.25) is 0 Å². The standard InChI is InChI=1S/C18H37NO2.K.H/c1-2-3-4-5-6-7-8-9-10-11-12-13-14-15-16-21-18(20)17-19;;/h2-17,19H2,1H3;;/q;+1;-1. The van der Waals surface area contributed by atoms with Crippen LogP contribution < -0.4 is 57.1 Å². The van der Waals surface area contributed by atoms with E-state index in [2.05, 4.69) is 6.92 Å². The summed E-state index contributed by atoms with van der Waals surface area (Å²) in [6, 6.07) is 0. The third-order valence-corrected chi connectivity index (χ3v) is 3.93. The topological polar surface area (TPSA) is 52.3 Å². The van der Waals surface area contributed by atoms with Gasteiger partial charge in [-0.05, 0) is 6.42 Å². The Morgan fingerprint density at radius 2 is 1.14 bits per heavy atom. The molecule has 0 aliphatic rings. The van der Waals surface area contributed by atoms with Crippen LogP contribution in [0.1, 0.15) is 98.2 Å². The van der Waals surface area contributed by atoms with Crippen molar-refractivity contribution in [1.82, 2.24) is 0 Å². The number of hydrogen-bond acceptors (Lipinski definition) is 3. The summed E-state index contributed by atoms with van der Waals surface area (Å²) in [7, 11) is 0. The molecule has 0 aromatic carbocycles. The number of carbonyl (C=O) groups excluding carboxylic acids is 1. The van der Waals surface area contributed by atoms with Gasteiger partial charge >= 0.3 is 57.4 Å². The fraction of sp³-hybridized carbons (Fsp3) is 0.944. The molecule has 2 N–H and O–H groups in total. The van der Waals surface area contributed by atoms with Gasteiger partial charge < -0.3 is 11.9 Å². The van der Waals surface area contributed by atoms with Gasteiger partial charge in [-0.15, -0.1) is 0 Å². The van der Waals surface area contributed by atoms with Gasteiger partial charge in [-0.2, -0.15) is 0 Å². The largest absolute Gasteiger partial charge is 1.00 e. The van der Waals surface area contributed by atoms with E-state index in [4.69, 9.17) is 10.5 Å². The Labute approximate surface area is 182 Å². The van der Waals surface area contributed by atoms with E-state index >= 15 is 0 Å². The molecule has 4 heteroatoms. The van der Waals surface area contributed by atoms with Gasteiger partial charge in [0.05, 0.1) is 13.2 Å². The molecule has 0 rings (SSSR count). The van der Waals surface area contributed by atoms with Crippen LogP contribution in [0.25, 0.3) is 0 Å². The van der Waals surface area contributed by atoms with E-state index in [9.17, 15) is 4.79 Å². The van der Waals surface area contributed by atoms with E-state index in [1.54, 1.807) is 0 Å². The Hall–Kier alpha value is 1.07. The third kappa shape index (κ3) is 21.1. The molecule has 0 saturated carbocycles. The smallest absolute Gasteiger partial charge is 1.00 e. The molecule has 0 aromatic heterocycles. The first-order chi connectivity index (χ1) is 10.3. The van der Waals surface area contributed by atoms with Gasteiger partial charge in [0.25, 0.3) is 0 Å². The van der Waals surface area contributed by atoms with E-state index in [1.807, 2.05) is 0 Å². The predicted molar refractivity (Wildman–Crippen MR) is 91.4 cm³/mol. The monoisotopic (exact) mass is 339 g/mol. The van der Waals surface area contributed by atoms with Crippen molar-refractivity contribution >= 4 is 5.97 Å². The second kappa shape index (κ2) is 22.1. The average molecular weight is 340 g/mol. The van der Waals surface area contributed by atoms with Crippen LogP contribution in [-0.2, 0) is 9.53 Å². The molecule has 0 fully saturated rings. The maximum Gasteiger partial charge on any atom is 1.00 e. The first-order valence-corrected chi connectivity index (χ1v) is 9.17. The molecule has 128 valence electrons. The van der Waals surface area contributed by atoms with Gasteiger partial charge in [0.2, 0.25) is 0 Å². The fourth-order valence-electron chi connectivity index (χ4n) is 2.54. The molecule has 0 bridgehead atoms. The summed E-state index contributed by atoms with van der Waals surface area (Å²) in [6.45, 7) is 2.80. The van der Waals surface area contributed by atoms with Crippen LogP contribution in [-0.4, -0.2) is 19.1 Å². The summed E-state index contributed by atoms with van der Waals surface area (Å²) in [4.78, 5) is 10.8. The van der Waals surface area contributed by atoms with Crippen molar-refractivity contribution in [2.45, 2.75) is 96.8 Å². The quantitative estimate of drug-likeness (QED) is 0.266. The average Bonchev–Trinajstić information content (AvgIpc) is 2.50. The molecule has 0 heterocycles. The van der Waals surface area contributed by atoms with Gasteiger partial charge in [0, 0.05) is 0 Å².